The quantitative estimate of drug-likeness (QED) is 0.270. The Bertz CT molecular complexity index is 985. The van der Waals surface area contributed by atoms with E-state index in [2.05, 4.69) is 46.0 Å². The number of aliphatic hydroxyl groups is 3. The van der Waals surface area contributed by atoms with Crippen LogP contribution in [-0.4, -0.2) is 64.6 Å². The van der Waals surface area contributed by atoms with Crippen molar-refractivity contribution in [2.24, 2.45) is 46.3 Å². The van der Waals surface area contributed by atoms with Gasteiger partial charge >= 0.3 is 0 Å². The fraction of sp³-hybridized carbons (Fsp3) is 0.914. The fourth-order valence-electron chi connectivity index (χ4n) is 10.5. The second-order valence-electron chi connectivity index (χ2n) is 15.7. The number of carbonyl (C=O) groups excluding carboxylic acids is 1. The molecule has 0 unspecified atom stereocenters. The monoisotopic (exact) mass is 589 g/mol. The van der Waals surface area contributed by atoms with Crippen LogP contribution in [0.25, 0.3) is 0 Å². The van der Waals surface area contributed by atoms with E-state index in [-0.39, 0.29) is 17.4 Å². The number of amides is 1. The van der Waals surface area contributed by atoms with E-state index in [1.807, 2.05) is 0 Å². The summed E-state index contributed by atoms with van der Waals surface area (Å²) in [7, 11) is 0. The average molecular weight is 590 g/mol. The average Bonchev–Trinajstić information content (AvgIpc) is 3.29. The van der Waals surface area contributed by atoms with Crippen molar-refractivity contribution in [3.8, 4) is 0 Å². The van der Waals surface area contributed by atoms with Gasteiger partial charge in [0, 0.05) is 6.92 Å². The molecule has 240 valence electrons. The van der Waals surface area contributed by atoms with Gasteiger partial charge in [0.2, 0.25) is 5.91 Å². The minimum Gasteiger partial charge on any atom is -0.394 e. The lowest BCUT2D eigenvalue weighted by atomic mass is 9.47. The normalized spacial score (nSPS) is 45.9. The van der Waals surface area contributed by atoms with E-state index in [0.717, 1.165) is 54.8 Å². The Balaban J connectivity index is 1.26. The molecule has 0 aromatic heterocycles. The Morgan fingerprint density at radius 3 is 2.52 bits per heavy atom. The Kier molecular flexibility index (Phi) is 9.86. The summed E-state index contributed by atoms with van der Waals surface area (Å²) in [5, 5.41) is 33.5. The topological polar surface area (TPSA) is 108 Å². The molecule has 0 aromatic rings. The van der Waals surface area contributed by atoms with Crippen molar-refractivity contribution >= 4 is 5.91 Å². The highest BCUT2D eigenvalue weighted by Crippen LogP contribution is 2.67. The second-order valence-corrected chi connectivity index (χ2v) is 15.7. The van der Waals surface area contributed by atoms with Gasteiger partial charge in [-0.2, -0.15) is 0 Å². The molecule has 1 heterocycles. The van der Waals surface area contributed by atoms with Crippen LogP contribution in [0.1, 0.15) is 112 Å². The molecule has 7 nitrogen and oxygen atoms in total. The molecule has 1 saturated heterocycles. The third-order valence-electron chi connectivity index (χ3n) is 12.8. The van der Waals surface area contributed by atoms with Crippen LogP contribution >= 0.6 is 0 Å². The van der Waals surface area contributed by atoms with Crippen LogP contribution in [0.5, 0.6) is 0 Å². The zero-order chi connectivity index (χ0) is 30.4. The van der Waals surface area contributed by atoms with Crippen LogP contribution in [0.3, 0.4) is 0 Å². The number of nitrogens with one attached hydrogen (secondary N) is 1. The summed E-state index contributed by atoms with van der Waals surface area (Å²) in [6, 6.07) is -0.891. The van der Waals surface area contributed by atoms with Gasteiger partial charge in [0.25, 0.3) is 0 Å². The zero-order valence-electron chi connectivity index (χ0n) is 27.1. The number of aliphatic hydroxyl groups excluding tert-OH is 3. The van der Waals surface area contributed by atoms with Gasteiger partial charge in [0.15, 0.2) is 6.29 Å². The van der Waals surface area contributed by atoms with Crippen molar-refractivity contribution in [2.45, 2.75) is 149 Å². The maximum absolute atomic E-state index is 11.9. The molecule has 13 atom stereocenters. The molecule has 0 bridgehead atoms. The third kappa shape index (κ3) is 5.99. The Morgan fingerprint density at radius 2 is 1.83 bits per heavy atom. The van der Waals surface area contributed by atoms with Crippen molar-refractivity contribution in [1.82, 2.24) is 5.32 Å². The second kappa shape index (κ2) is 12.8. The lowest BCUT2D eigenvalue weighted by molar-refractivity contribution is -0.284. The first-order valence-electron chi connectivity index (χ1n) is 17.1. The largest absolute Gasteiger partial charge is 0.394 e. The van der Waals surface area contributed by atoms with Gasteiger partial charge in [0.1, 0.15) is 24.4 Å². The van der Waals surface area contributed by atoms with Gasteiger partial charge in [-0.25, -0.2) is 0 Å². The molecular formula is C35H59NO6. The molecule has 4 aliphatic carbocycles. The molecule has 1 amide bonds. The standard InChI is InChI=1S/C35H59NO6/c1-20(2)8-7-9-21(3)26-12-13-27-25-11-10-23-18-24(14-16-34(23,5)28(25)15-17-35(26,27)6)41-33-30(36-22(4)38)32(40)31(39)29(19-37)42-33/h10,20-21,24-33,37,39-40H,7-9,11-19H2,1-6H3,(H,36,38)/t21-,24+,25+,26-,27-,28+,29-,30-,31-,32-,33-,34+,35-/m1/s1. The van der Waals surface area contributed by atoms with Crippen molar-refractivity contribution in [3.05, 3.63) is 11.6 Å². The van der Waals surface area contributed by atoms with Gasteiger partial charge < -0.3 is 30.1 Å². The molecule has 3 saturated carbocycles. The molecule has 4 fully saturated rings. The van der Waals surface area contributed by atoms with Crippen LogP contribution in [0.2, 0.25) is 0 Å². The molecule has 7 heteroatoms. The summed E-state index contributed by atoms with van der Waals surface area (Å²) in [6.07, 6.45) is 11.5. The summed E-state index contributed by atoms with van der Waals surface area (Å²) in [5.41, 5.74) is 2.18. The van der Waals surface area contributed by atoms with E-state index < -0.39 is 37.3 Å². The Hall–Kier alpha value is -0.990. The number of carbonyl (C=O) groups is 1. The lowest BCUT2D eigenvalue weighted by Crippen LogP contribution is -2.65. The first-order chi connectivity index (χ1) is 19.9. The molecule has 4 N–H and O–H groups in total. The number of hydrogen-bond donors (Lipinski definition) is 4. The van der Waals surface area contributed by atoms with E-state index in [9.17, 15) is 20.1 Å². The summed E-state index contributed by atoms with van der Waals surface area (Å²) in [4.78, 5) is 11.9. The van der Waals surface area contributed by atoms with Gasteiger partial charge in [-0.05, 0) is 97.7 Å². The molecule has 0 radical (unpaired) electrons. The van der Waals surface area contributed by atoms with Crippen molar-refractivity contribution in [2.75, 3.05) is 6.61 Å². The predicted octanol–water partition coefficient (Wildman–Crippen LogP) is 5.36. The van der Waals surface area contributed by atoms with Crippen LogP contribution in [0, 0.1) is 46.3 Å². The van der Waals surface area contributed by atoms with Gasteiger partial charge in [-0.15, -0.1) is 0 Å². The van der Waals surface area contributed by atoms with Gasteiger partial charge in [0.05, 0.1) is 12.7 Å². The summed E-state index contributed by atoms with van der Waals surface area (Å²) in [5.74, 6) is 4.48. The van der Waals surface area contributed by atoms with Crippen molar-refractivity contribution in [1.29, 1.82) is 0 Å². The summed E-state index contributed by atoms with van der Waals surface area (Å²) in [6.45, 7) is 13.3. The first kappa shape index (κ1) is 32.4. The van der Waals surface area contributed by atoms with Crippen molar-refractivity contribution in [3.63, 3.8) is 0 Å². The number of rotatable bonds is 9. The fourth-order valence-corrected chi connectivity index (χ4v) is 10.5. The summed E-state index contributed by atoms with van der Waals surface area (Å²) < 4.78 is 12.3. The molecule has 5 rings (SSSR count). The van der Waals surface area contributed by atoms with E-state index in [0.29, 0.717) is 5.41 Å². The first-order valence-corrected chi connectivity index (χ1v) is 17.1. The number of allylic oxidation sites excluding steroid dienone is 1. The molecule has 1 aliphatic heterocycles. The van der Waals surface area contributed by atoms with E-state index >= 15 is 0 Å². The molecular weight excluding hydrogens is 530 g/mol. The maximum Gasteiger partial charge on any atom is 0.217 e. The van der Waals surface area contributed by atoms with Gasteiger partial charge in [-0.1, -0.05) is 65.5 Å². The minimum absolute atomic E-state index is 0.0969. The highest BCUT2D eigenvalue weighted by Gasteiger charge is 2.59. The van der Waals surface area contributed by atoms with Crippen LogP contribution in [0.4, 0.5) is 0 Å². The molecule has 5 aliphatic rings. The Morgan fingerprint density at radius 1 is 1.07 bits per heavy atom. The van der Waals surface area contributed by atoms with Crippen LogP contribution in [0.15, 0.2) is 11.6 Å². The van der Waals surface area contributed by atoms with Crippen LogP contribution in [-0.2, 0) is 14.3 Å². The highest BCUT2D eigenvalue weighted by atomic mass is 16.7. The van der Waals surface area contributed by atoms with Crippen LogP contribution < -0.4 is 5.32 Å². The molecule has 42 heavy (non-hydrogen) atoms. The smallest absolute Gasteiger partial charge is 0.217 e. The molecule has 0 aromatic carbocycles. The van der Waals surface area contributed by atoms with E-state index in [1.165, 1.54) is 63.9 Å². The SMILES string of the molecule is CC(=O)N[C@H]1[C@H](O[C@H]2CC[C@@]3(C)C(=CC[C@H]4[C@H]5CC[C@H]([C@H](C)CCCC(C)C)[C@@]5(C)CC[C@@H]43)C2)O[C@H](CO)[C@@H](O)[C@@H]1O. The number of hydrogen-bond acceptors (Lipinski definition) is 6. The predicted molar refractivity (Wildman–Crippen MR) is 163 cm³/mol. The van der Waals surface area contributed by atoms with Crippen molar-refractivity contribution < 1.29 is 29.6 Å². The number of ether oxygens (including phenoxy) is 2. The Labute approximate surface area is 254 Å². The lowest BCUT2D eigenvalue weighted by Gasteiger charge is -2.58. The van der Waals surface area contributed by atoms with E-state index in [1.54, 1.807) is 0 Å². The van der Waals surface area contributed by atoms with Gasteiger partial charge in [-0.3, -0.25) is 4.79 Å². The number of fused-ring (bicyclic) bond motifs is 5. The molecule has 0 spiro atoms. The summed E-state index contributed by atoms with van der Waals surface area (Å²) >= 11 is 0. The minimum atomic E-state index is -1.30. The zero-order valence-corrected chi connectivity index (χ0v) is 27.1. The maximum atomic E-state index is 11.9. The van der Waals surface area contributed by atoms with E-state index in [4.69, 9.17) is 9.47 Å². The third-order valence-corrected chi connectivity index (χ3v) is 12.8. The highest BCUT2D eigenvalue weighted by molar-refractivity contribution is 5.73.